The average Bonchev–Trinajstić information content (AvgIpc) is 2.81. The SMILES string of the molecule is O=C1N[C@]2(CCCc3ccccc32)C(=O)N1C[C@@H]1CCCCO1. The van der Waals surface area contributed by atoms with Gasteiger partial charge >= 0.3 is 6.03 Å². The van der Waals surface area contributed by atoms with Gasteiger partial charge in [0.1, 0.15) is 5.54 Å². The molecule has 2 fully saturated rings. The third-order valence-electron chi connectivity index (χ3n) is 5.31. The van der Waals surface area contributed by atoms with Gasteiger partial charge in [-0.2, -0.15) is 0 Å². The molecule has 1 aliphatic carbocycles. The molecule has 0 radical (unpaired) electrons. The topological polar surface area (TPSA) is 58.6 Å². The van der Waals surface area contributed by atoms with Crippen molar-refractivity contribution in [3.8, 4) is 0 Å². The zero-order valence-electron chi connectivity index (χ0n) is 13.2. The van der Waals surface area contributed by atoms with E-state index in [4.69, 9.17) is 4.74 Å². The summed E-state index contributed by atoms with van der Waals surface area (Å²) in [5.74, 6) is -0.108. The summed E-state index contributed by atoms with van der Waals surface area (Å²) in [6.07, 6.45) is 5.62. The number of fused-ring (bicyclic) bond motifs is 2. The first kappa shape index (κ1) is 14.7. The second-order valence-corrected chi connectivity index (χ2v) is 6.75. The van der Waals surface area contributed by atoms with Crippen LogP contribution in [0.25, 0.3) is 0 Å². The summed E-state index contributed by atoms with van der Waals surface area (Å²) in [4.78, 5) is 27.0. The zero-order chi connectivity index (χ0) is 15.9. The number of carbonyl (C=O) groups excluding carboxylic acids is 2. The van der Waals surface area contributed by atoms with Crippen LogP contribution in [0, 0.1) is 0 Å². The number of amides is 3. The van der Waals surface area contributed by atoms with Gasteiger partial charge in [0.2, 0.25) is 0 Å². The van der Waals surface area contributed by atoms with E-state index in [1.807, 2.05) is 18.2 Å². The lowest BCUT2D eigenvalue weighted by molar-refractivity contribution is -0.134. The molecule has 5 nitrogen and oxygen atoms in total. The molecule has 4 rings (SSSR count). The predicted molar refractivity (Wildman–Crippen MR) is 84.9 cm³/mol. The lowest BCUT2D eigenvalue weighted by Gasteiger charge is -2.33. The summed E-state index contributed by atoms with van der Waals surface area (Å²) in [5.41, 5.74) is 1.28. The third-order valence-corrected chi connectivity index (χ3v) is 5.31. The summed E-state index contributed by atoms with van der Waals surface area (Å²) in [7, 11) is 0. The Balaban J connectivity index is 1.62. The lowest BCUT2D eigenvalue weighted by atomic mass is 9.76. The monoisotopic (exact) mass is 314 g/mol. The Bertz CT molecular complexity index is 639. The molecule has 2 atom stereocenters. The fraction of sp³-hybridized carbons (Fsp3) is 0.556. The van der Waals surface area contributed by atoms with Crippen molar-refractivity contribution in [2.24, 2.45) is 0 Å². The second kappa shape index (κ2) is 5.64. The highest BCUT2D eigenvalue weighted by Gasteiger charge is 2.54. The molecule has 3 aliphatic rings. The highest BCUT2D eigenvalue weighted by molar-refractivity contribution is 6.07. The first-order valence-electron chi connectivity index (χ1n) is 8.55. The van der Waals surface area contributed by atoms with Crippen LogP contribution in [-0.2, 0) is 21.5 Å². The summed E-state index contributed by atoms with van der Waals surface area (Å²) in [5, 5.41) is 3.00. The van der Waals surface area contributed by atoms with Crippen LogP contribution in [0.15, 0.2) is 24.3 Å². The molecule has 2 saturated heterocycles. The smallest absolute Gasteiger partial charge is 0.325 e. The van der Waals surface area contributed by atoms with E-state index >= 15 is 0 Å². The molecule has 23 heavy (non-hydrogen) atoms. The lowest BCUT2D eigenvalue weighted by Crippen LogP contribution is -2.47. The van der Waals surface area contributed by atoms with E-state index in [0.29, 0.717) is 13.0 Å². The van der Waals surface area contributed by atoms with E-state index in [9.17, 15) is 9.59 Å². The molecule has 0 unspecified atom stereocenters. The summed E-state index contributed by atoms with van der Waals surface area (Å²) < 4.78 is 5.71. The minimum absolute atomic E-state index is 0.0209. The van der Waals surface area contributed by atoms with Crippen molar-refractivity contribution < 1.29 is 14.3 Å². The Labute approximate surface area is 136 Å². The van der Waals surface area contributed by atoms with Gasteiger partial charge in [0, 0.05) is 6.61 Å². The molecule has 0 aromatic heterocycles. The van der Waals surface area contributed by atoms with Crippen LogP contribution < -0.4 is 5.32 Å². The van der Waals surface area contributed by atoms with Crippen molar-refractivity contribution in [1.29, 1.82) is 0 Å². The molecule has 1 aromatic carbocycles. The Hall–Kier alpha value is -1.88. The number of nitrogens with one attached hydrogen (secondary N) is 1. The molecule has 2 heterocycles. The minimum Gasteiger partial charge on any atom is -0.376 e. The van der Waals surface area contributed by atoms with Crippen LogP contribution in [0.5, 0.6) is 0 Å². The summed E-state index contributed by atoms with van der Waals surface area (Å²) >= 11 is 0. The van der Waals surface area contributed by atoms with Gasteiger partial charge in [-0.15, -0.1) is 0 Å². The van der Waals surface area contributed by atoms with Gasteiger partial charge in [-0.3, -0.25) is 9.69 Å². The largest absolute Gasteiger partial charge is 0.376 e. The maximum atomic E-state index is 13.1. The Morgan fingerprint density at radius 1 is 1.22 bits per heavy atom. The molecule has 1 N–H and O–H groups in total. The Kier molecular flexibility index (Phi) is 3.60. The van der Waals surface area contributed by atoms with Gasteiger partial charge in [0.25, 0.3) is 5.91 Å². The standard InChI is InChI=1S/C18H22N2O3/c21-16-18(10-5-7-13-6-1-2-9-15(13)18)19-17(22)20(16)12-14-8-3-4-11-23-14/h1-2,6,9,14H,3-5,7-8,10-12H2,(H,19,22)/t14-,18-/m0/s1. The van der Waals surface area contributed by atoms with Crippen molar-refractivity contribution in [2.75, 3.05) is 13.2 Å². The van der Waals surface area contributed by atoms with E-state index in [-0.39, 0.29) is 18.0 Å². The fourth-order valence-electron chi connectivity index (χ4n) is 4.13. The molecule has 1 aromatic rings. The number of imide groups is 1. The van der Waals surface area contributed by atoms with E-state index < -0.39 is 5.54 Å². The first-order chi connectivity index (χ1) is 11.2. The van der Waals surface area contributed by atoms with Crippen molar-refractivity contribution in [2.45, 2.75) is 50.2 Å². The third kappa shape index (κ3) is 2.34. The van der Waals surface area contributed by atoms with Crippen LogP contribution in [0.4, 0.5) is 4.79 Å². The average molecular weight is 314 g/mol. The quantitative estimate of drug-likeness (QED) is 0.853. The van der Waals surface area contributed by atoms with Gasteiger partial charge in [-0.25, -0.2) is 4.79 Å². The number of hydrogen-bond donors (Lipinski definition) is 1. The van der Waals surface area contributed by atoms with Gasteiger partial charge in [-0.05, 0) is 49.7 Å². The van der Waals surface area contributed by atoms with Gasteiger partial charge in [0.15, 0.2) is 0 Å². The number of ether oxygens (including phenoxy) is 1. The normalized spacial score (nSPS) is 30.4. The van der Waals surface area contributed by atoms with Crippen LogP contribution >= 0.6 is 0 Å². The molecule has 5 heteroatoms. The maximum absolute atomic E-state index is 13.1. The van der Waals surface area contributed by atoms with Gasteiger partial charge in [0.05, 0.1) is 12.6 Å². The molecule has 2 aliphatic heterocycles. The predicted octanol–water partition coefficient (Wildman–Crippen LogP) is 2.34. The highest BCUT2D eigenvalue weighted by atomic mass is 16.5. The molecule has 0 bridgehead atoms. The van der Waals surface area contributed by atoms with Crippen LogP contribution in [-0.4, -0.2) is 36.1 Å². The summed E-state index contributed by atoms with van der Waals surface area (Å²) in [6, 6.07) is 7.70. The number of urea groups is 1. The number of hydrogen-bond acceptors (Lipinski definition) is 3. The number of carbonyl (C=O) groups is 2. The van der Waals surface area contributed by atoms with E-state index in [0.717, 1.165) is 44.3 Å². The van der Waals surface area contributed by atoms with E-state index in [2.05, 4.69) is 11.4 Å². The van der Waals surface area contributed by atoms with E-state index in [1.54, 1.807) is 0 Å². The second-order valence-electron chi connectivity index (χ2n) is 6.75. The van der Waals surface area contributed by atoms with Crippen molar-refractivity contribution in [3.05, 3.63) is 35.4 Å². The van der Waals surface area contributed by atoms with Gasteiger partial charge in [-0.1, -0.05) is 24.3 Å². The number of aryl methyl sites for hydroxylation is 1. The molecular formula is C18H22N2O3. The molecule has 122 valence electrons. The molecule has 1 spiro atoms. The Morgan fingerprint density at radius 3 is 2.91 bits per heavy atom. The highest BCUT2D eigenvalue weighted by Crippen LogP contribution is 2.40. The van der Waals surface area contributed by atoms with Gasteiger partial charge < -0.3 is 10.1 Å². The van der Waals surface area contributed by atoms with Crippen LogP contribution in [0.1, 0.15) is 43.2 Å². The van der Waals surface area contributed by atoms with Crippen LogP contribution in [0.3, 0.4) is 0 Å². The molecular weight excluding hydrogens is 292 g/mol. The maximum Gasteiger partial charge on any atom is 0.325 e. The molecule has 3 amide bonds. The number of rotatable bonds is 2. The minimum atomic E-state index is -0.861. The Morgan fingerprint density at radius 2 is 2.09 bits per heavy atom. The van der Waals surface area contributed by atoms with Crippen LogP contribution in [0.2, 0.25) is 0 Å². The number of nitrogens with zero attached hydrogens (tertiary/aromatic N) is 1. The van der Waals surface area contributed by atoms with Crippen molar-refractivity contribution >= 4 is 11.9 Å². The van der Waals surface area contributed by atoms with E-state index in [1.165, 1.54) is 10.5 Å². The first-order valence-corrected chi connectivity index (χ1v) is 8.55. The number of benzene rings is 1. The van der Waals surface area contributed by atoms with Crippen molar-refractivity contribution in [3.63, 3.8) is 0 Å². The molecule has 0 saturated carbocycles. The zero-order valence-corrected chi connectivity index (χ0v) is 13.2. The summed E-state index contributed by atoms with van der Waals surface area (Å²) in [6.45, 7) is 1.09. The fourth-order valence-corrected chi connectivity index (χ4v) is 4.13. The van der Waals surface area contributed by atoms with Crippen molar-refractivity contribution in [1.82, 2.24) is 10.2 Å².